The Bertz CT molecular complexity index is 625. The van der Waals surface area contributed by atoms with Crippen LogP contribution in [-0.4, -0.2) is 48.6 Å². The third-order valence-electron chi connectivity index (χ3n) is 5.40. The highest BCUT2D eigenvalue weighted by atomic mass is 127. The average molecular weight is 492 g/mol. The largest absolute Gasteiger partial charge is 0.354 e. The highest BCUT2D eigenvalue weighted by Crippen LogP contribution is 2.43. The van der Waals surface area contributed by atoms with Crippen molar-refractivity contribution in [1.29, 1.82) is 0 Å². The van der Waals surface area contributed by atoms with Crippen LogP contribution in [0.2, 0.25) is 0 Å². The van der Waals surface area contributed by atoms with Gasteiger partial charge in [-0.2, -0.15) is 0 Å². The van der Waals surface area contributed by atoms with Gasteiger partial charge in [0.2, 0.25) is 0 Å². The monoisotopic (exact) mass is 492 g/mol. The molecule has 0 bridgehead atoms. The SMILES string of the molecule is CCN=C(NC1CCN(C(C)C)CC1)NC1CC1c1c(F)cccc1F.I. The van der Waals surface area contributed by atoms with E-state index in [4.69, 9.17) is 0 Å². The molecule has 2 N–H and O–H groups in total. The van der Waals surface area contributed by atoms with Crippen LogP contribution >= 0.6 is 24.0 Å². The number of likely N-dealkylation sites (tertiary alicyclic amines) is 1. The second-order valence-electron chi connectivity index (χ2n) is 7.60. The molecule has 1 saturated heterocycles. The summed E-state index contributed by atoms with van der Waals surface area (Å²) in [6, 6.07) is 5.08. The number of benzene rings is 1. The van der Waals surface area contributed by atoms with E-state index in [0.29, 0.717) is 18.6 Å². The van der Waals surface area contributed by atoms with Crippen LogP contribution in [0.4, 0.5) is 8.78 Å². The van der Waals surface area contributed by atoms with Gasteiger partial charge in [-0.25, -0.2) is 8.78 Å². The van der Waals surface area contributed by atoms with Crippen LogP contribution in [0.5, 0.6) is 0 Å². The molecule has 3 rings (SSSR count). The van der Waals surface area contributed by atoms with Gasteiger partial charge >= 0.3 is 0 Å². The highest BCUT2D eigenvalue weighted by Gasteiger charge is 2.42. The quantitative estimate of drug-likeness (QED) is 0.373. The number of hydrogen-bond acceptors (Lipinski definition) is 2. The van der Waals surface area contributed by atoms with Crippen LogP contribution in [0, 0.1) is 11.6 Å². The predicted octanol–water partition coefficient (Wildman–Crippen LogP) is 3.87. The fourth-order valence-corrected chi connectivity index (χ4v) is 3.76. The molecule has 0 aromatic heterocycles. The second kappa shape index (κ2) is 10.0. The van der Waals surface area contributed by atoms with E-state index in [1.54, 1.807) is 0 Å². The Kier molecular flexibility index (Phi) is 8.27. The maximum Gasteiger partial charge on any atom is 0.191 e. The summed E-state index contributed by atoms with van der Waals surface area (Å²) in [7, 11) is 0. The molecule has 7 heteroatoms. The van der Waals surface area contributed by atoms with Crippen LogP contribution in [0.15, 0.2) is 23.2 Å². The van der Waals surface area contributed by atoms with E-state index in [2.05, 4.69) is 34.4 Å². The molecule has 1 saturated carbocycles. The summed E-state index contributed by atoms with van der Waals surface area (Å²) in [5, 5.41) is 6.88. The van der Waals surface area contributed by atoms with Crippen molar-refractivity contribution in [3.8, 4) is 0 Å². The Morgan fingerprint density at radius 2 is 1.81 bits per heavy atom. The van der Waals surface area contributed by atoms with Gasteiger partial charge in [-0.05, 0) is 52.2 Å². The first-order valence-corrected chi connectivity index (χ1v) is 9.75. The molecule has 1 aromatic carbocycles. The van der Waals surface area contributed by atoms with Crippen molar-refractivity contribution in [2.24, 2.45) is 4.99 Å². The molecule has 1 aliphatic carbocycles. The number of halogens is 3. The first-order valence-electron chi connectivity index (χ1n) is 9.75. The van der Waals surface area contributed by atoms with E-state index in [9.17, 15) is 8.78 Å². The summed E-state index contributed by atoms with van der Waals surface area (Å²) in [5.41, 5.74) is 0.200. The standard InChI is InChI=1S/C20H30F2N4.HI/c1-4-23-20(24-14-8-10-26(11-9-14)13(2)3)25-18-12-15(18)19-16(21)6-5-7-17(19)22;/h5-7,13-15,18H,4,8-12H2,1-3H3,(H2,23,24,25);1H. The van der Waals surface area contributed by atoms with Gasteiger partial charge in [0.05, 0.1) is 0 Å². The van der Waals surface area contributed by atoms with Gasteiger partial charge < -0.3 is 15.5 Å². The Hall–Kier alpha value is -0.960. The Balaban J connectivity index is 0.00000261. The minimum absolute atomic E-state index is 0. The minimum atomic E-state index is -0.456. The topological polar surface area (TPSA) is 39.7 Å². The third kappa shape index (κ3) is 5.76. The number of rotatable bonds is 5. The van der Waals surface area contributed by atoms with Crippen LogP contribution in [0.3, 0.4) is 0 Å². The molecule has 0 spiro atoms. The van der Waals surface area contributed by atoms with E-state index in [-0.39, 0.29) is 41.5 Å². The normalized spacial score (nSPS) is 23.9. The molecule has 1 heterocycles. The number of nitrogens with zero attached hydrogens (tertiary/aromatic N) is 2. The van der Waals surface area contributed by atoms with Crippen molar-refractivity contribution in [2.45, 2.75) is 64.1 Å². The van der Waals surface area contributed by atoms with Gasteiger partial charge in [-0.15, -0.1) is 24.0 Å². The number of piperidine rings is 1. The van der Waals surface area contributed by atoms with Gasteiger partial charge in [0.1, 0.15) is 11.6 Å². The first kappa shape index (κ1) is 22.3. The molecule has 1 aromatic rings. The Labute approximate surface area is 178 Å². The fraction of sp³-hybridized carbons (Fsp3) is 0.650. The van der Waals surface area contributed by atoms with Gasteiger partial charge in [0.15, 0.2) is 5.96 Å². The van der Waals surface area contributed by atoms with Gasteiger partial charge in [0, 0.05) is 49.2 Å². The van der Waals surface area contributed by atoms with Crippen LogP contribution < -0.4 is 10.6 Å². The molecule has 0 radical (unpaired) electrons. The molecule has 152 valence electrons. The molecule has 0 amide bonds. The molecule has 4 nitrogen and oxygen atoms in total. The van der Waals surface area contributed by atoms with E-state index < -0.39 is 11.6 Å². The second-order valence-corrected chi connectivity index (χ2v) is 7.60. The summed E-state index contributed by atoms with van der Waals surface area (Å²) in [6.45, 7) is 9.29. The molecule has 2 unspecified atom stereocenters. The van der Waals surface area contributed by atoms with Crippen molar-refractivity contribution in [2.75, 3.05) is 19.6 Å². The lowest BCUT2D eigenvalue weighted by Crippen LogP contribution is -2.50. The number of hydrogen-bond donors (Lipinski definition) is 2. The number of nitrogens with one attached hydrogen (secondary N) is 2. The summed E-state index contributed by atoms with van der Waals surface area (Å²) in [6.07, 6.45) is 2.89. The van der Waals surface area contributed by atoms with E-state index in [1.165, 1.54) is 18.2 Å². The Morgan fingerprint density at radius 3 is 2.37 bits per heavy atom. The minimum Gasteiger partial charge on any atom is -0.354 e. The highest BCUT2D eigenvalue weighted by molar-refractivity contribution is 14.0. The fourth-order valence-electron chi connectivity index (χ4n) is 3.76. The van der Waals surface area contributed by atoms with Crippen molar-refractivity contribution < 1.29 is 8.78 Å². The summed E-state index contributed by atoms with van der Waals surface area (Å²) >= 11 is 0. The zero-order chi connectivity index (χ0) is 18.7. The van der Waals surface area contributed by atoms with Crippen molar-refractivity contribution in [3.63, 3.8) is 0 Å². The predicted molar refractivity (Wildman–Crippen MR) is 117 cm³/mol. The summed E-state index contributed by atoms with van der Waals surface area (Å²) in [4.78, 5) is 7.01. The van der Waals surface area contributed by atoms with Crippen molar-refractivity contribution >= 4 is 29.9 Å². The Morgan fingerprint density at radius 1 is 1.19 bits per heavy atom. The van der Waals surface area contributed by atoms with Crippen molar-refractivity contribution in [1.82, 2.24) is 15.5 Å². The molecule has 2 fully saturated rings. The zero-order valence-electron chi connectivity index (χ0n) is 16.3. The first-order chi connectivity index (χ1) is 12.5. The van der Waals surface area contributed by atoms with Gasteiger partial charge in [0.25, 0.3) is 0 Å². The molecule has 1 aliphatic heterocycles. The van der Waals surface area contributed by atoms with E-state index in [0.717, 1.165) is 38.3 Å². The lowest BCUT2D eigenvalue weighted by atomic mass is 10.0. The number of aliphatic imine (C=N–C) groups is 1. The van der Waals surface area contributed by atoms with E-state index in [1.807, 2.05) is 6.92 Å². The smallest absolute Gasteiger partial charge is 0.191 e. The van der Waals surface area contributed by atoms with Gasteiger partial charge in [-0.3, -0.25) is 4.99 Å². The molecule has 2 atom stereocenters. The molecule has 27 heavy (non-hydrogen) atoms. The molecular formula is C20H31F2IN4. The maximum atomic E-state index is 14.0. The average Bonchev–Trinajstić information content (AvgIpc) is 3.34. The summed E-state index contributed by atoms with van der Waals surface area (Å²) in [5.74, 6) is -0.271. The molecular weight excluding hydrogens is 461 g/mol. The van der Waals surface area contributed by atoms with Crippen LogP contribution in [0.1, 0.15) is 51.5 Å². The summed E-state index contributed by atoms with van der Waals surface area (Å²) < 4.78 is 27.9. The van der Waals surface area contributed by atoms with Gasteiger partial charge in [-0.1, -0.05) is 6.07 Å². The van der Waals surface area contributed by atoms with Crippen molar-refractivity contribution in [3.05, 3.63) is 35.4 Å². The molecule has 2 aliphatic rings. The van der Waals surface area contributed by atoms with Crippen LogP contribution in [0.25, 0.3) is 0 Å². The van der Waals surface area contributed by atoms with Crippen LogP contribution in [-0.2, 0) is 0 Å². The maximum absolute atomic E-state index is 14.0. The van der Waals surface area contributed by atoms with E-state index >= 15 is 0 Å². The third-order valence-corrected chi connectivity index (χ3v) is 5.40. The zero-order valence-corrected chi connectivity index (χ0v) is 18.7. The lowest BCUT2D eigenvalue weighted by Gasteiger charge is -2.35. The lowest BCUT2D eigenvalue weighted by molar-refractivity contribution is 0.167. The number of guanidine groups is 1.